The lowest BCUT2D eigenvalue weighted by atomic mass is 10.1. The van der Waals surface area contributed by atoms with Gasteiger partial charge in [-0.3, -0.25) is 9.89 Å². The smallest absolute Gasteiger partial charge is 0.248 e. The van der Waals surface area contributed by atoms with Crippen LogP contribution in [-0.2, 0) is 4.79 Å². The van der Waals surface area contributed by atoms with Crippen molar-refractivity contribution in [1.29, 1.82) is 0 Å². The molecular formula is C21H20N4O. The fourth-order valence-corrected chi connectivity index (χ4v) is 2.68. The molecule has 1 aromatic heterocycles. The van der Waals surface area contributed by atoms with Crippen LogP contribution in [-0.4, -0.2) is 21.1 Å². The van der Waals surface area contributed by atoms with Gasteiger partial charge in [-0.15, -0.1) is 0 Å². The van der Waals surface area contributed by atoms with Gasteiger partial charge in [-0.2, -0.15) is 5.10 Å². The Hall–Kier alpha value is -3.21. The maximum atomic E-state index is 12.1. The Morgan fingerprint density at radius 2 is 1.85 bits per heavy atom. The lowest BCUT2D eigenvalue weighted by Gasteiger charge is -2.03. The van der Waals surface area contributed by atoms with Crippen LogP contribution in [0.2, 0.25) is 0 Å². The second-order valence-corrected chi connectivity index (χ2v) is 6.63. The van der Waals surface area contributed by atoms with Crippen LogP contribution in [0, 0.1) is 6.92 Å². The number of aromatic nitrogens is 3. The molecule has 130 valence electrons. The molecule has 26 heavy (non-hydrogen) atoms. The van der Waals surface area contributed by atoms with E-state index in [4.69, 9.17) is 0 Å². The van der Waals surface area contributed by atoms with Crippen LogP contribution < -0.4 is 5.32 Å². The van der Waals surface area contributed by atoms with Crippen molar-refractivity contribution in [3.63, 3.8) is 0 Å². The Kier molecular flexibility index (Phi) is 4.35. The minimum absolute atomic E-state index is 0.160. The lowest BCUT2D eigenvalue weighted by Crippen LogP contribution is -2.07. The molecule has 5 nitrogen and oxygen atoms in total. The van der Waals surface area contributed by atoms with E-state index in [0.717, 1.165) is 22.6 Å². The molecule has 0 spiro atoms. The first-order chi connectivity index (χ1) is 12.7. The minimum atomic E-state index is -0.160. The number of H-pyrrole nitrogens is 1. The quantitative estimate of drug-likeness (QED) is 0.678. The van der Waals surface area contributed by atoms with E-state index >= 15 is 0 Å². The summed E-state index contributed by atoms with van der Waals surface area (Å²) in [5, 5.41) is 10.1. The standard InChI is InChI=1S/C21H20N4O/c1-14-2-4-15(5-3-14)6-13-19(26)22-18-11-9-17(10-12-18)21-23-20(24-25-21)16-7-8-16/h2-6,9-13,16H,7-8H2,1H3,(H,22,26)(H,23,24,25)/b13-6+. The van der Waals surface area contributed by atoms with Crippen LogP contribution in [0.3, 0.4) is 0 Å². The molecule has 0 aliphatic heterocycles. The summed E-state index contributed by atoms with van der Waals surface area (Å²) in [5.74, 6) is 2.06. The second-order valence-electron chi connectivity index (χ2n) is 6.63. The summed E-state index contributed by atoms with van der Waals surface area (Å²) >= 11 is 0. The number of rotatable bonds is 5. The number of carbonyl (C=O) groups is 1. The van der Waals surface area contributed by atoms with Gasteiger partial charge in [0.2, 0.25) is 5.91 Å². The fourth-order valence-electron chi connectivity index (χ4n) is 2.68. The first-order valence-electron chi connectivity index (χ1n) is 8.76. The lowest BCUT2D eigenvalue weighted by molar-refractivity contribution is -0.111. The number of hydrogen-bond donors (Lipinski definition) is 2. The van der Waals surface area contributed by atoms with E-state index in [1.54, 1.807) is 6.08 Å². The Bertz CT molecular complexity index is 935. The molecule has 0 bridgehead atoms. The molecule has 1 saturated carbocycles. The zero-order valence-corrected chi connectivity index (χ0v) is 14.6. The van der Waals surface area contributed by atoms with E-state index in [1.165, 1.54) is 24.5 Å². The van der Waals surface area contributed by atoms with E-state index in [2.05, 4.69) is 20.5 Å². The molecule has 2 aromatic carbocycles. The Morgan fingerprint density at radius 3 is 2.54 bits per heavy atom. The predicted molar refractivity (Wildman–Crippen MR) is 103 cm³/mol. The van der Waals surface area contributed by atoms with Crippen molar-refractivity contribution in [1.82, 2.24) is 15.2 Å². The summed E-state index contributed by atoms with van der Waals surface area (Å²) in [7, 11) is 0. The van der Waals surface area contributed by atoms with Crippen molar-refractivity contribution >= 4 is 17.7 Å². The maximum absolute atomic E-state index is 12.1. The van der Waals surface area contributed by atoms with Gasteiger partial charge < -0.3 is 5.32 Å². The molecule has 0 unspecified atom stereocenters. The highest BCUT2D eigenvalue weighted by atomic mass is 16.1. The fraction of sp³-hybridized carbons (Fsp3) is 0.190. The van der Waals surface area contributed by atoms with Crippen LogP contribution in [0.5, 0.6) is 0 Å². The number of hydrogen-bond acceptors (Lipinski definition) is 3. The summed E-state index contributed by atoms with van der Waals surface area (Å²) in [6.45, 7) is 2.04. The van der Waals surface area contributed by atoms with Crippen LogP contribution in [0.15, 0.2) is 54.6 Å². The number of benzene rings is 2. The number of aromatic amines is 1. The Labute approximate surface area is 152 Å². The molecule has 0 atom stereocenters. The molecule has 4 rings (SSSR count). The van der Waals surface area contributed by atoms with Gasteiger partial charge in [-0.05, 0) is 55.7 Å². The summed E-state index contributed by atoms with van der Waals surface area (Å²) in [6, 6.07) is 15.6. The minimum Gasteiger partial charge on any atom is -0.323 e. The topological polar surface area (TPSA) is 70.7 Å². The van der Waals surface area contributed by atoms with Crippen molar-refractivity contribution in [3.05, 3.63) is 71.6 Å². The van der Waals surface area contributed by atoms with Crippen LogP contribution in [0.1, 0.15) is 35.7 Å². The molecule has 1 amide bonds. The number of nitrogens with one attached hydrogen (secondary N) is 2. The van der Waals surface area contributed by atoms with Gasteiger partial charge in [-0.1, -0.05) is 29.8 Å². The number of anilines is 1. The van der Waals surface area contributed by atoms with E-state index in [9.17, 15) is 4.79 Å². The summed E-state index contributed by atoms with van der Waals surface area (Å²) < 4.78 is 0. The van der Waals surface area contributed by atoms with Crippen molar-refractivity contribution in [3.8, 4) is 11.4 Å². The van der Waals surface area contributed by atoms with Gasteiger partial charge >= 0.3 is 0 Å². The molecule has 1 aliphatic carbocycles. The van der Waals surface area contributed by atoms with E-state index in [0.29, 0.717) is 11.7 Å². The molecule has 1 heterocycles. The molecular weight excluding hydrogens is 324 g/mol. The molecule has 5 heteroatoms. The molecule has 0 radical (unpaired) electrons. The Balaban J connectivity index is 1.38. The summed E-state index contributed by atoms with van der Waals surface area (Å²) in [4.78, 5) is 16.6. The highest BCUT2D eigenvalue weighted by Gasteiger charge is 2.27. The van der Waals surface area contributed by atoms with Crippen molar-refractivity contribution in [2.24, 2.45) is 0 Å². The first-order valence-corrected chi connectivity index (χ1v) is 8.76. The SMILES string of the molecule is Cc1ccc(/C=C/C(=O)Nc2ccc(-c3n[nH]c(C4CC4)n3)cc2)cc1. The zero-order valence-electron chi connectivity index (χ0n) is 14.6. The highest BCUT2D eigenvalue weighted by molar-refractivity contribution is 6.02. The maximum Gasteiger partial charge on any atom is 0.248 e. The van der Waals surface area contributed by atoms with Gasteiger partial charge in [0.25, 0.3) is 0 Å². The normalized spacial score (nSPS) is 13.9. The van der Waals surface area contributed by atoms with Gasteiger partial charge in [0.1, 0.15) is 5.82 Å². The van der Waals surface area contributed by atoms with Crippen LogP contribution >= 0.6 is 0 Å². The van der Waals surface area contributed by atoms with Crippen LogP contribution in [0.4, 0.5) is 5.69 Å². The number of carbonyl (C=O) groups excluding carboxylic acids is 1. The van der Waals surface area contributed by atoms with Crippen molar-refractivity contribution in [2.45, 2.75) is 25.7 Å². The third kappa shape index (κ3) is 3.88. The van der Waals surface area contributed by atoms with Gasteiger partial charge in [-0.25, -0.2) is 4.98 Å². The van der Waals surface area contributed by atoms with Crippen molar-refractivity contribution in [2.75, 3.05) is 5.32 Å². The highest BCUT2D eigenvalue weighted by Crippen LogP contribution is 2.38. The predicted octanol–water partition coefficient (Wildman–Crippen LogP) is 4.31. The average Bonchev–Trinajstić information content (AvgIpc) is 3.39. The van der Waals surface area contributed by atoms with Crippen molar-refractivity contribution < 1.29 is 4.79 Å². The average molecular weight is 344 g/mol. The number of amides is 1. The summed E-state index contributed by atoms with van der Waals surface area (Å²) in [6.07, 6.45) is 5.72. The van der Waals surface area contributed by atoms with E-state index < -0.39 is 0 Å². The molecule has 1 aliphatic rings. The summed E-state index contributed by atoms with van der Waals surface area (Å²) in [5.41, 5.74) is 3.87. The zero-order chi connectivity index (χ0) is 17.9. The number of aryl methyl sites for hydroxylation is 1. The van der Waals surface area contributed by atoms with Gasteiger partial charge in [0.05, 0.1) is 0 Å². The number of nitrogens with zero attached hydrogens (tertiary/aromatic N) is 2. The van der Waals surface area contributed by atoms with Gasteiger partial charge in [0, 0.05) is 23.2 Å². The third-order valence-electron chi connectivity index (χ3n) is 4.38. The van der Waals surface area contributed by atoms with Crippen LogP contribution in [0.25, 0.3) is 17.5 Å². The largest absolute Gasteiger partial charge is 0.323 e. The third-order valence-corrected chi connectivity index (χ3v) is 4.38. The Morgan fingerprint density at radius 1 is 1.12 bits per heavy atom. The monoisotopic (exact) mass is 344 g/mol. The van der Waals surface area contributed by atoms with E-state index in [1.807, 2.05) is 55.5 Å². The van der Waals surface area contributed by atoms with Gasteiger partial charge in [0.15, 0.2) is 5.82 Å². The molecule has 0 saturated heterocycles. The van der Waals surface area contributed by atoms with E-state index in [-0.39, 0.29) is 5.91 Å². The molecule has 2 N–H and O–H groups in total. The second kappa shape index (κ2) is 6.96. The molecule has 1 fully saturated rings. The first kappa shape index (κ1) is 16.3. The molecule has 3 aromatic rings.